The standard InChI is InChI=1S/C20H21N3O3S/c1-13(20-22-15-5-3-4-6-18(15)27-20)23(2)12-19(24)21-14-7-8-16-17(11-14)26-10-9-25-16/h3-8,11,13H,9-10,12H2,1-2H3,(H,21,24)/t13-/m1/s1. The van der Waals surface area contributed by atoms with Crippen molar-refractivity contribution in [2.45, 2.75) is 13.0 Å². The van der Waals surface area contributed by atoms with E-state index >= 15 is 0 Å². The highest BCUT2D eigenvalue weighted by molar-refractivity contribution is 7.18. The van der Waals surface area contributed by atoms with E-state index in [4.69, 9.17) is 9.47 Å². The van der Waals surface area contributed by atoms with Gasteiger partial charge in [-0.15, -0.1) is 11.3 Å². The number of rotatable bonds is 5. The first-order valence-electron chi connectivity index (χ1n) is 8.85. The molecule has 27 heavy (non-hydrogen) atoms. The highest BCUT2D eigenvalue weighted by atomic mass is 32.1. The van der Waals surface area contributed by atoms with Crippen molar-refractivity contribution < 1.29 is 14.3 Å². The Morgan fingerprint density at radius 2 is 2.00 bits per heavy atom. The third-order valence-corrected chi connectivity index (χ3v) is 5.75. The van der Waals surface area contributed by atoms with Crippen molar-refractivity contribution >= 4 is 33.1 Å². The molecule has 0 bridgehead atoms. The number of benzene rings is 2. The summed E-state index contributed by atoms with van der Waals surface area (Å²) in [7, 11) is 1.93. The van der Waals surface area contributed by atoms with Crippen molar-refractivity contribution in [3.05, 3.63) is 47.5 Å². The smallest absolute Gasteiger partial charge is 0.238 e. The normalized spacial score (nSPS) is 14.3. The minimum atomic E-state index is -0.0814. The van der Waals surface area contributed by atoms with Gasteiger partial charge in [-0.1, -0.05) is 12.1 Å². The summed E-state index contributed by atoms with van der Waals surface area (Å²) in [6.07, 6.45) is 0. The Hall–Kier alpha value is -2.64. The van der Waals surface area contributed by atoms with Gasteiger partial charge in [-0.05, 0) is 38.2 Å². The van der Waals surface area contributed by atoms with Gasteiger partial charge in [-0.2, -0.15) is 0 Å². The van der Waals surface area contributed by atoms with E-state index in [0.29, 0.717) is 30.4 Å². The predicted molar refractivity (Wildman–Crippen MR) is 107 cm³/mol. The number of fused-ring (bicyclic) bond motifs is 2. The number of thiazole rings is 1. The van der Waals surface area contributed by atoms with E-state index in [1.807, 2.05) is 42.3 Å². The van der Waals surface area contributed by atoms with Crippen LogP contribution in [0.15, 0.2) is 42.5 Å². The number of carbonyl (C=O) groups excluding carboxylic acids is 1. The molecule has 0 fully saturated rings. The van der Waals surface area contributed by atoms with Gasteiger partial charge in [0.1, 0.15) is 18.2 Å². The van der Waals surface area contributed by atoms with Gasteiger partial charge in [0.25, 0.3) is 0 Å². The molecule has 0 spiro atoms. The van der Waals surface area contributed by atoms with E-state index in [1.54, 1.807) is 17.4 Å². The van der Waals surface area contributed by atoms with Crippen molar-refractivity contribution in [3.63, 3.8) is 0 Å². The summed E-state index contributed by atoms with van der Waals surface area (Å²) >= 11 is 1.67. The Morgan fingerprint density at radius 1 is 1.22 bits per heavy atom. The number of anilines is 1. The van der Waals surface area contributed by atoms with Gasteiger partial charge >= 0.3 is 0 Å². The Morgan fingerprint density at radius 3 is 2.81 bits per heavy atom. The van der Waals surface area contributed by atoms with Gasteiger partial charge < -0.3 is 14.8 Å². The monoisotopic (exact) mass is 383 g/mol. The number of para-hydroxylation sites is 1. The fourth-order valence-corrected chi connectivity index (χ4v) is 4.03. The number of nitrogens with one attached hydrogen (secondary N) is 1. The summed E-state index contributed by atoms with van der Waals surface area (Å²) in [6, 6.07) is 13.6. The molecule has 4 rings (SSSR count). The molecule has 1 aliphatic rings. The minimum absolute atomic E-state index is 0.0495. The lowest BCUT2D eigenvalue weighted by molar-refractivity contribution is -0.117. The first-order valence-corrected chi connectivity index (χ1v) is 9.67. The number of amides is 1. The van der Waals surface area contributed by atoms with Crippen molar-refractivity contribution in [3.8, 4) is 11.5 Å². The van der Waals surface area contributed by atoms with Crippen molar-refractivity contribution in [1.29, 1.82) is 0 Å². The average molecular weight is 383 g/mol. The molecule has 1 amide bonds. The molecule has 3 aromatic rings. The predicted octanol–water partition coefficient (Wildman–Crippen LogP) is 3.70. The first-order chi connectivity index (χ1) is 13.1. The van der Waals surface area contributed by atoms with Crippen LogP contribution in [0, 0.1) is 0 Å². The van der Waals surface area contributed by atoms with Crippen LogP contribution in [0.2, 0.25) is 0 Å². The van der Waals surface area contributed by atoms with Gasteiger partial charge in [-0.3, -0.25) is 9.69 Å². The van der Waals surface area contributed by atoms with Crippen LogP contribution in [0.3, 0.4) is 0 Å². The lowest BCUT2D eigenvalue weighted by Gasteiger charge is -2.22. The maximum atomic E-state index is 12.5. The molecule has 1 N–H and O–H groups in total. The zero-order valence-electron chi connectivity index (χ0n) is 15.3. The van der Waals surface area contributed by atoms with Crippen LogP contribution >= 0.6 is 11.3 Å². The van der Waals surface area contributed by atoms with Crippen LogP contribution < -0.4 is 14.8 Å². The number of carbonyl (C=O) groups is 1. The maximum absolute atomic E-state index is 12.5. The molecule has 7 heteroatoms. The van der Waals surface area contributed by atoms with Gasteiger partial charge in [-0.25, -0.2) is 4.98 Å². The summed E-state index contributed by atoms with van der Waals surface area (Å²) in [6.45, 7) is 3.40. The second-order valence-electron chi connectivity index (χ2n) is 6.52. The highest BCUT2D eigenvalue weighted by Gasteiger charge is 2.19. The van der Waals surface area contributed by atoms with Crippen molar-refractivity contribution in [2.75, 3.05) is 32.1 Å². The van der Waals surface area contributed by atoms with E-state index in [0.717, 1.165) is 15.2 Å². The van der Waals surface area contributed by atoms with E-state index < -0.39 is 0 Å². The number of hydrogen-bond donors (Lipinski definition) is 1. The molecule has 0 saturated heterocycles. The lowest BCUT2D eigenvalue weighted by atomic mass is 10.2. The maximum Gasteiger partial charge on any atom is 0.238 e. The summed E-state index contributed by atoms with van der Waals surface area (Å²) in [4.78, 5) is 19.1. The quantitative estimate of drug-likeness (QED) is 0.728. The van der Waals surface area contributed by atoms with Crippen LogP contribution in [0.4, 0.5) is 5.69 Å². The average Bonchev–Trinajstić information content (AvgIpc) is 3.11. The molecule has 1 aromatic heterocycles. The highest BCUT2D eigenvalue weighted by Crippen LogP contribution is 2.33. The SMILES string of the molecule is C[C@H](c1nc2ccccc2s1)N(C)CC(=O)Nc1ccc2c(c1)OCCO2. The van der Waals surface area contributed by atoms with Crippen LogP contribution in [-0.2, 0) is 4.79 Å². The summed E-state index contributed by atoms with van der Waals surface area (Å²) in [5.41, 5.74) is 1.70. The van der Waals surface area contributed by atoms with Crippen molar-refractivity contribution in [1.82, 2.24) is 9.88 Å². The van der Waals surface area contributed by atoms with Gasteiger partial charge in [0.15, 0.2) is 11.5 Å². The third-order valence-electron chi connectivity index (χ3n) is 4.55. The third kappa shape index (κ3) is 3.89. The number of hydrogen-bond acceptors (Lipinski definition) is 6. The molecule has 2 aromatic carbocycles. The Bertz CT molecular complexity index is 939. The van der Waals surface area contributed by atoms with Crippen LogP contribution in [0.5, 0.6) is 11.5 Å². The van der Waals surface area contributed by atoms with Gasteiger partial charge in [0, 0.05) is 11.8 Å². The van der Waals surface area contributed by atoms with Gasteiger partial charge in [0.2, 0.25) is 5.91 Å². The number of aromatic nitrogens is 1. The summed E-state index contributed by atoms with van der Waals surface area (Å²) in [5, 5.41) is 3.93. The van der Waals surface area contributed by atoms with Crippen LogP contribution in [-0.4, -0.2) is 42.6 Å². The molecule has 0 unspecified atom stereocenters. The minimum Gasteiger partial charge on any atom is -0.486 e. The topological polar surface area (TPSA) is 63.7 Å². The van der Waals surface area contributed by atoms with Crippen molar-refractivity contribution in [2.24, 2.45) is 0 Å². The van der Waals surface area contributed by atoms with E-state index in [1.165, 1.54) is 0 Å². The first kappa shape index (κ1) is 17.8. The van der Waals surface area contributed by atoms with Crippen LogP contribution in [0.1, 0.15) is 18.0 Å². The Balaban J connectivity index is 1.39. The molecule has 1 aliphatic heterocycles. The van der Waals surface area contributed by atoms with Gasteiger partial charge in [0.05, 0.1) is 22.8 Å². The lowest BCUT2D eigenvalue weighted by Crippen LogP contribution is -2.32. The Kier molecular flexibility index (Phi) is 4.96. The molecule has 0 aliphatic carbocycles. The molecule has 140 valence electrons. The van der Waals surface area contributed by atoms with E-state index in [-0.39, 0.29) is 18.5 Å². The fraction of sp³-hybridized carbons (Fsp3) is 0.300. The molecule has 1 atom stereocenters. The summed E-state index contributed by atoms with van der Waals surface area (Å²) < 4.78 is 12.2. The second kappa shape index (κ2) is 7.54. The molecular formula is C20H21N3O3S. The molecular weight excluding hydrogens is 362 g/mol. The number of nitrogens with zero attached hydrogens (tertiary/aromatic N) is 2. The number of ether oxygens (including phenoxy) is 2. The Labute approximate surface area is 161 Å². The van der Waals surface area contributed by atoms with Crippen LogP contribution in [0.25, 0.3) is 10.2 Å². The van der Waals surface area contributed by atoms with E-state index in [9.17, 15) is 4.79 Å². The summed E-state index contributed by atoms with van der Waals surface area (Å²) in [5.74, 6) is 1.29. The second-order valence-corrected chi connectivity index (χ2v) is 7.58. The molecule has 0 saturated carbocycles. The molecule has 2 heterocycles. The zero-order chi connectivity index (χ0) is 18.8. The largest absolute Gasteiger partial charge is 0.486 e. The zero-order valence-corrected chi connectivity index (χ0v) is 16.1. The molecule has 0 radical (unpaired) electrons. The fourth-order valence-electron chi connectivity index (χ4n) is 2.94. The number of likely N-dealkylation sites (N-methyl/N-ethyl adjacent to an activating group) is 1. The molecule has 6 nitrogen and oxygen atoms in total. The van der Waals surface area contributed by atoms with E-state index in [2.05, 4.69) is 23.3 Å².